The molecule has 0 aliphatic heterocycles. The molecule has 0 saturated heterocycles. The van der Waals surface area contributed by atoms with Crippen molar-refractivity contribution in [1.29, 1.82) is 0 Å². The smallest absolute Gasteiger partial charge is 0.333 e. The number of amides is 2. The molecule has 0 bridgehead atoms. The van der Waals surface area contributed by atoms with E-state index < -0.39 is 23.6 Å². The Labute approximate surface area is 159 Å². The first-order valence-electron chi connectivity index (χ1n) is 7.81. The zero-order chi connectivity index (χ0) is 20.0. The van der Waals surface area contributed by atoms with Gasteiger partial charge in [-0.3, -0.25) is 9.59 Å². The van der Waals surface area contributed by atoms with E-state index in [1.807, 2.05) is 0 Å². The molecule has 0 radical (unpaired) electrons. The van der Waals surface area contributed by atoms with Crippen LogP contribution in [-0.2, 0) is 15.8 Å². The van der Waals surface area contributed by atoms with Crippen molar-refractivity contribution in [2.24, 2.45) is 0 Å². The molecule has 0 spiro atoms. The Morgan fingerprint density at radius 1 is 1.15 bits per heavy atom. The number of benzene rings is 2. The molecule has 0 atom stereocenters. The van der Waals surface area contributed by atoms with Gasteiger partial charge in [0.1, 0.15) is 0 Å². The fourth-order valence-corrected chi connectivity index (χ4v) is 2.27. The zero-order valence-electron chi connectivity index (χ0n) is 14.3. The molecule has 0 aliphatic carbocycles. The van der Waals surface area contributed by atoms with Crippen molar-refractivity contribution in [1.82, 2.24) is 4.90 Å². The van der Waals surface area contributed by atoms with Gasteiger partial charge in [0.15, 0.2) is 0 Å². The van der Waals surface area contributed by atoms with E-state index in [-0.39, 0.29) is 12.1 Å². The van der Waals surface area contributed by atoms with E-state index in [2.05, 4.69) is 5.32 Å². The molecule has 1 N–H and O–H groups in total. The molecule has 0 aliphatic rings. The Balaban J connectivity index is 1.94. The number of hydrogen-bond acceptors (Lipinski definition) is 2. The van der Waals surface area contributed by atoms with E-state index >= 15 is 0 Å². The molecule has 0 unspecified atom stereocenters. The summed E-state index contributed by atoms with van der Waals surface area (Å²) in [6.45, 7) is -0.214. The van der Waals surface area contributed by atoms with Gasteiger partial charge in [0, 0.05) is 23.8 Å². The third kappa shape index (κ3) is 6.45. The highest BCUT2D eigenvalue weighted by atomic mass is 35.5. The summed E-state index contributed by atoms with van der Waals surface area (Å²) in [7, 11) is 1.42. The van der Waals surface area contributed by atoms with Crippen molar-refractivity contribution >= 4 is 35.2 Å². The zero-order valence-corrected chi connectivity index (χ0v) is 15.0. The number of halogens is 4. The standard InChI is InChI=1S/C19H16ClF3N2O2/c1-25(12-17(26)24-16-8-6-15(20)7-9-16)18(27)10-5-13-3-2-4-14(11-13)19(21,22)23/h2-11H,12H2,1H3,(H,24,26)/b10-5+. The first-order valence-corrected chi connectivity index (χ1v) is 8.19. The van der Waals surface area contributed by atoms with Gasteiger partial charge >= 0.3 is 6.18 Å². The molecule has 0 heterocycles. The number of nitrogens with zero attached hydrogens (tertiary/aromatic N) is 1. The average Bonchev–Trinajstić information content (AvgIpc) is 2.61. The lowest BCUT2D eigenvalue weighted by Crippen LogP contribution is -2.33. The predicted octanol–water partition coefficient (Wildman–Crippen LogP) is 4.47. The van der Waals surface area contributed by atoms with E-state index in [1.165, 1.54) is 25.3 Å². The van der Waals surface area contributed by atoms with Crippen LogP contribution in [0.5, 0.6) is 0 Å². The minimum Gasteiger partial charge on any atom is -0.333 e. The molecular formula is C19H16ClF3N2O2. The van der Waals surface area contributed by atoms with Crippen LogP contribution >= 0.6 is 11.6 Å². The number of likely N-dealkylation sites (N-methyl/N-ethyl adjacent to an activating group) is 1. The second-order valence-corrected chi connectivity index (χ2v) is 6.14. The van der Waals surface area contributed by atoms with Gasteiger partial charge in [0.2, 0.25) is 11.8 Å². The fraction of sp³-hybridized carbons (Fsp3) is 0.158. The van der Waals surface area contributed by atoms with E-state index in [1.54, 1.807) is 24.3 Å². The van der Waals surface area contributed by atoms with Crippen LogP contribution in [0, 0.1) is 0 Å². The third-order valence-electron chi connectivity index (χ3n) is 3.52. The minimum atomic E-state index is -4.45. The maximum atomic E-state index is 12.7. The molecule has 0 fully saturated rings. The molecule has 0 aromatic heterocycles. The van der Waals surface area contributed by atoms with Crippen molar-refractivity contribution < 1.29 is 22.8 Å². The second kappa shape index (κ2) is 8.73. The third-order valence-corrected chi connectivity index (χ3v) is 3.77. The maximum absolute atomic E-state index is 12.7. The number of carbonyl (C=O) groups is 2. The summed E-state index contributed by atoms with van der Waals surface area (Å²) in [5.41, 5.74) is -0.0326. The molecule has 2 aromatic carbocycles. The average molecular weight is 397 g/mol. The Morgan fingerprint density at radius 2 is 1.81 bits per heavy atom. The van der Waals surface area contributed by atoms with E-state index in [0.29, 0.717) is 10.7 Å². The minimum absolute atomic E-state index is 0.214. The highest BCUT2D eigenvalue weighted by Gasteiger charge is 2.30. The lowest BCUT2D eigenvalue weighted by molar-refractivity contribution is -0.137. The summed E-state index contributed by atoms with van der Waals surface area (Å²) in [6, 6.07) is 11.1. The number of anilines is 1. The quantitative estimate of drug-likeness (QED) is 0.758. The molecule has 2 rings (SSSR count). The number of rotatable bonds is 5. The predicted molar refractivity (Wildman–Crippen MR) is 98.2 cm³/mol. The van der Waals surface area contributed by atoms with Crippen molar-refractivity contribution in [3.05, 3.63) is 70.8 Å². The maximum Gasteiger partial charge on any atom is 0.416 e. The summed E-state index contributed by atoms with van der Waals surface area (Å²) < 4.78 is 38.1. The van der Waals surface area contributed by atoms with Crippen LogP contribution < -0.4 is 5.32 Å². The highest BCUT2D eigenvalue weighted by Crippen LogP contribution is 2.29. The van der Waals surface area contributed by atoms with Crippen LogP contribution in [0.2, 0.25) is 5.02 Å². The molecule has 2 amide bonds. The lowest BCUT2D eigenvalue weighted by atomic mass is 10.1. The van der Waals surface area contributed by atoms with Gasteiger partial charge in [-0.2, -0.15) is 13.2 Å². The van der Waals surface area contributed by atoms with Gasteiger partial charge in [-0.1, -0.05) is 23.7 Å². The summed E-state index contributed by atoms with van der Waals surface area (Å²) >= 11 is 5.76. The number of hydrogen-bond donors (Lipinski definition) is 1. The molecular weight excluding hydrogens is 381 g/mol. The Kier molecular flexibility index (Phi) is 6.63. The Morgan fingerprint density at radius 3 is 2.44 bits per heavy atom. The van der Waals surface area contributed by atoms with Gasteiger partial charge < -0.3 is 10.2 Å². The second-order valence-electron chi connectivity index (χ2n) is 5.71. The topological polar surface area (TPSA) is 49.4 Å². The molecule has 142 valence electrons. The van der Waals surface area contributed by atoms with Crippen LogP contribution in [0.15, 0.2) is 54.6 Å². The van der Waals surface area contributed by atoms with Gasteiger partial charge in [-0.25, -0.2) is 0 Å². The Bertz CT molecular complexity index is 849. The first kappa shape index (κ1) is 20.5. The van der Waals surface area contributed by atoms with Crippen molar-refractivity contribution in [3.8, 4) is 0 Å². The van der Waals surface area contributed by atoms with Crippen LogP contribution in [-0.4, -0.2) is 30.3 Å². The summed E-state index contributed by atoms with van der Waals surface area (Å²) in [4.78, 5) is 25.2. The van der Waals surface area contributed by atoms with Crippen molar-refractivity contribution in [3.63, 3.8) is 0 Å². The van der Waals surface area contributed by atoms with Crippen LogP contribution in [0.25, 0.3) is 6.08 Å². The molecule has 27 heavy (non-hydrogen) atoms. The van der Waals surface area contributed by atoms with Crippen molar-refractivity contribution in [2.45, 2.75) is 6.18 Å². The van der Waals surface area contributed by atoms with Crippen LogP contribution in [0.3, 0.4) is 0 Å². The fourth-order valence-electron chi connectivity index (χ4n) is 2.14. The van der Waals surface area contributed by atoms with Crippen LogP contribution in [0.1, 0.15) is 11.1 Å². The van der Waals surface area contributed by atoms with E-state index in [4.69, 9.17) is 11.6 Å². The van der Waals surface area contributed by atoms with Gasteiger partial charge in [0.25, 0.3) is 0 Å². The normalized spacial score (nSPS) is 11.4. The number of carbonyl (C=O) groups excluding carboxylic acids is 2. The van der Waals surface area contributed by atoms with Gasteiger partial charge in [-0.15, -0.1) is 0 Å². The largest absolute Gasteiger partial charge is 0.416 e. The molecule has 0 saturated carbocycles. The van der Waals surface area contributed by atoms with Crippen molar-refractivity contribution in [2.75, 3.05) is 18.9 Å². The van der Waals surface area contributed by atoms with Gasteiger partial charge in [0.05, 0.1) is 12.1 Å². The van der Waals surface area contributed by atoms with Crippen LogP contribution in [0.4, 0.5) is 18.9 Å². The Hall–Kier alpha value is -2.80. The first-order chi connectivity index (χ1) is 12.6. The van der Waals surface area contributed by atoms with E-state index in [9.17, 15) is 22.8 Å². The molecule has 8 heteroatoms. The number of alkyl halides is 3. The SMILES string of the molecule is CN(CC(=O)Nc1ccc(Cl)cc1)C(=O)/C=C/c1cccc(C(F)(F)F)c1. The van der Waals surface area contributed by atoms with Gasteiger partial charge in [-0.05, 0) is 48.0 Å². The molecule has 2 aromatic rings. The summed E-state index contributed by atoms with van der Waals surface area (Å²) in [5, 5.41) is 3.14. The lowest BCUT2D eigenvalue weighted by Gasteiger charge is -2.15. The molecule has 4 nitrogen and oxygen atoms in total. The summed E-state index contributed by atoms with van der Waals surface area (Å²) in [6.07, 6.45) is -2.07. The van der Waals surface area contributed by atoms with E-state index in [0.717, 1.165) is 23.1 Å². The highest BCUT2D eigenvalue weighted by molar-refractivity contribution is 6.30. The summed E-state index contributed by atoms with van der Waals surface area (Å²) in [5.74, 6) is -0.931. The monoisotopic (exact) mass is 396 g/mol. The number of nitrogens with one attached hydrogen (secondary N) is 1.